The summed E-state index contributed by atoms with van der Waals surface area (Å²) in [6, 6.07) is 1.12. The first-order chi connectivity index (χ1) is 7.91. The Morgan fingerprint density at radius 1 is 1.65 bits per heavy atom. The molecule has 2 rings (SSSR count). The number of carboxylic acid groups (broad SMARTS) is 1. The van der Waals surface area contributed by atoms with E-state index >= 15 is 0 Å². The minimum Gasteiger partial charge on any atom is -0.478 e. The molecule has 0 spiro atoms. The zero-order valence-electron chi connectivity index (χ0n) is 9.35. The number of rotatable bonds is 2. The van der Waals surface area contributed by atoms with Crippen molar-refractivity contribution in [1.82, 2.24) is 4.98 Å². The fourth-order valence-corrected chi connectivity index (χ4v) is 1.94. The molecule has 5 nitrogen and oxygen atoms in total. The summed E-state index contributed by atoms with van der Waals surface area (Å²) < 4.78 is 13.9. The molecule has 0 aliphatic carbocycles. The van der Waals surface area contributed by atoms with E-state index in [1.807, 2.05) is 0 Å². The molecule has 1 aromatic heterocycles. The predicted molar refractivity (Wildman–Crippen MR) is 58.6 cm³/mol. The number of nitrogens with zero attached hydrogens (tertiary/aromatic N) is 2. The number of aliphatic hydroxyl groups is 1. The zero-order chi connectivity index (χ0) is 12.6. The van der Waals surface area contributed by atoms with Crippen LogP contribution >= 0.6 is 0 Å². The molecule has 1 unspecified atom stereocenters. The molecule has 0 aromatic carbocycles. The van der Waals surface area contributed by atoms with Crippen LogP contribution in [0.5, 0.6) is 0 Å². The molecule has 2 N–H and O–H groups in total. The summed E-state index contributed by atoms with van der Waals surface area (Å²) in [5.74, 6) is -2.18. The van der Waals surface area contributed by atoms with Crippen molar-refractivity contribution >= 4 is 11.8 Å². The van der Waals surface area contributed by atoms with Crippen LogP contribution in [0.4, 0.5) is 10.2 Å². The first-order valence-corrected chi connectivity index (χ1v) is 5.26. The number of carboxylic acids is 1. The Balaban J connectivity index is 2.34. The normalized spacial score (nSPS) is 24.1. The first-order valence-electron chi connectivity index (χ1n) is 5.26. The van der Waals surface area contributed by atoms with E-state index in [1.54, 1.807) is 11.8 Å². The van der Waals surface area contributed by atoms with Crippen LogP contribution in [0.25, 0.3) is 0 Å². The van der Waals surface area contributed by atoms with Gasteiger partial charge >= 0.3 is 5.97 Å². The summed E-state index contributed by atoms with van der Waals surface area (Å²) >= 11 is 0. The van der Waals surface area contributed by atoms with Crippen molar-refractivity contribution in [3.63, 3.8) is 0 Å². The molecule has 2 heterocycles. The molecule has 0 amide bonds. The fraction of sp³-hybridized carbons (Fsp3) is 0.455. The summed E-state index contributed by atoms with van der Waals surface area (Å²) in [7, 11) is 0. The molecule has 0 radical (unpaired) electrons. The monoisotopic (exact) mass is 240 g/mol. The maximum absolute atomic E-state index is 13.9. The molecule has 1 aliphatic rings. The average Bonchev–Trinajstić information content (AvgIpc) is 2.58. The second-order valence-electron chi connectivity index (χ2n) is 4.47. The zero-order valence-corrected chi connectivity index (χ0v) is 9.35. The van der Waals surface area contributed by atoms with Gasteiger partial charge in [-0.25, -0.2) is 14.2 Å². The van der Waals surface area contributed by atoms with E-state index in [2.05, 4.69) is 4.98 Å². The van der Waals surface area contributed by atoms with Crippen molar-refractivity contribution < 1.29 is 19.4 Å². The molecule has 92 valence electrons. The van der Waals surface area contributed by atoms with Gasteiger partial charge in [0.2, 0.25) is 0 Å². The van der Waals surface area contributed by atoms with Crippen LogP contribution in [0, 0.1) is 5.82 Å². The maximum Gasteiger partial charge on any atom is 0.338 e. The van der Waals surface area contributed by atoms with Crippen molar-refractivity contribution in [3.05, 3.63) is 23.6 Å². The van der Waals surface area contributed by atoms with Crippen molar-refractivity contribution in [2.45, 2.75) is 18.9 Å². The second kappa shape index (κ2) is 3.96. The molecule has 1 aromatic rings. The van der Waals surface area contributed by atoms with Gasteiger partial charge in [-0.05, 0) is 19.4 Å². The van der Waals surface area contributed by atoms with Crippen LogP contribution in [0.1, 0.15) is 23.7 Å². The van der Waals surface area contributed by atoms with Crippen molar-refractivity contribution in [2.75, 3.05) is 18.0 Å². The number of β-amino-alcohol motifs (C(OH)–C–C–N with tert-alkyl or cyclic N) is 1. The number of aromatic carboxylic acids is 1. The largest absolute Gasteiger partial charge is 0.478 e. The predicted octanol–water partition coefficient (Wildman–Crippen LogP) is 0.880. The highest BCUT2D eigenvalue weighted by Crippen LogP contribution is 2.27. The topological polar surface area (TPSA) is 73.7 Å². The van der Waals surface area contributed by atoms with Crippen LogP contribution in [0.2, 0.25) is 0 Å². The molecule has 1 fully saturated rings. The van der Waals surface area contributed by atoms with Gasteiger partial charge in [0.05, 0.1) is 5.60 Å². The molecule has 17 heavy (non-hydrogen) atoms. The second-order valence-corrected chi connectivity index (χ2v) is 4.47. The molecule has 1 saturated heterocycles. The van der Waals surface area contributed by atoms with Gasteiger partial charge < -0.3 is 15.1 Å². The van der Waals surface area contributed by atoms with Crippen molar-refractivity contribution in [1.29, 1.82) is 0 Å². The quantitative estimate of drug-likeness (QED) is 0.802. The lowest BCUT2D eigenvalue weighted by atomic mass is 10.1. The number of anilines is 1. The Labute approximate surface area is 97.5 Å². The fourth-order valence-electron chi connectivity index (χ4n) is 1.94. The lowest BCUT2D eigenvalue weighted by molar-refractivity contribution is 0.0691. The molecule has 0 bridgehead atoms. The van der Waals surface area contributed by atoms with Crippen LogP contribution in [0.15, 0.2) is 12.3 Å². The van der Waals surface area contributed by atoms with Gasteiger partial charge in [0.15, 0.2) is 11.6 Å². The lowest BCUT2D eigenvalue weighted by Crippen LogP contribution is -2.30. The van der Waals surface area contributed by atoms with E-state index in [-0.39, 0.29) is 12.4 Å². The third kappa shape index (κ3) is 2.21. The average molecular weight is 240 g/mol. The van der Waals surface area contributed by atoms with Gasteiger partial charge in [-0.2, -0.15) is 0 Å². The Morgan fingerprint density at radius 3 is 2.88 bits per heavy atom. The lowest BCUT2D eigenvalue weighted by Gasteiger charge is -2.20. The number of hydrogen-bond acceptors (Lipinski definition) is 4. The Bertz CT molecular complexity index is 462. The molecule has 6 heteroatoms. The summed E-state index contributed by atoms with van der Waals surface area (Å²) in [6.07, 6.45) is 1.76. The Morgan fingerprint density at radius 2 is 2.35 bits per heavy atom. The van der Waals surface area contributed by atoms with E-state index < -0.39 is 23.0 Å². The van der Waals surface area contributed by atoms with Gasteiger partial charge in [-0.3, -0.25) is 0 Å². The van der Waals surface area contributed by atoms with Crippen LogP contribution in [-0.2, 0) is 0 Å². The molecular formula is C11H13FN2O3. The summed E-state index contributed by atoms with van der Waals surface area (Å²) in [4.78, 5) is 16.2. The highest BCUT2D eigenvalue weighted by Gasteiger charge is 2.33. The number of carbonyl (C=O) groups is 1. The highest BCUT2D eigenvalue weighted by atomic mass is 19.1. The highest BCUT2D eigenvalue weighted by molar-refractivity contribution is 5.88. The number of aromatic nitrogens is 1. The van der Waals surface area contributed by atoms with Gasteiger partial charge in [0.1, 0.15) is 5.56 Å². The van der Waals surface area contributed by atoms with Gasteiger partial charge in [0, 0.05) is 19.3 Å². The number of hydrogen-bond donors (Lipinski definition) is 2. The number of halogens is 1. The standard InChI is InChI=1S/C11H13FN2O3/c1-11(17)3-5-14(6-11)9-8(12)7(10(15)16)2-4-13-9/h2,4,17H,3,5-6H2,1H3,(H,15,16). The maximum atomic E-state index is 13.9. The Hall–Kier alpha value is -1.69. The van der Waals surface area contributed by atoms with Crippen LogP contribution in [0.3, 0.4) is 0 Å². The van der Waals surface area contributed by atoms with Gasteiger partial charge in [0.25, 0.3) is 0 Å². The Kier molecular flexibility index (Phi) is 2.74. The first kappa shape index (κ1) is 11.8. The van der Waals surface area contributed by atoms with E-state index in [1.165, 1.54) is 6.20 Å². The van der Waals surface area contributed by atoms with E-state index in [0.717, 1.165) is 6.07 Å². The SMILES string of the molecule is CC1(O)CCN(c2nccc(C(=O)O)c2F)C1. The van der Waals surface area contributed by atoms with Crippen LogP contribution in [-0.4, -0.2) is 39.9 Å². The number of pyridine rings is 1. The molecule has 1 atom stereocenters. The van der Waals surface area contributed by atoms with E-state index in [4.69, 9.17) is 5.11 Å². The van der Waals surface area contributed by atoms with Gasteiger partial charge in [-0.1, -0.05) is 0 Å². The molecule has 0 saturated carbocycles. The van der Waals surface area contributed by atoms with Crippen molar-refractivity contribution in [3.8, 4) is 0 Å². The van der Waals surface area contributed by atoms with Crippen molar-refractivity contribution in [2.24, 2.45) is 0 Å². The third-order valence-corrected chi connectivity index (χ3v) is 2.85. The van der Waals surface area contributed by atoms with E-state index in [0.29, 0.717) is 13.0 Å². The minimum absolute atomic E-state index is 0.0114. The van der Waals surface area contributed by atoms with E-state index in [9.17, 15) is 14.3 Å². The molecular weight excluding hydrogens is 227 g/mol. The summed E-state index contributed by atoms with van der Waals surface area (Å²) in [6.45, 7) is 2.37. The minimum atomic E-state index is -1.32. The van der Waals surface area contributed by atoms with Crippen LogP contribution < -0.4 is 4.90 Å². The molecule has 1 aliphatic heterocycles. The smallest absolute Gasteiger partial charge is 0.338 e. The van der Waals surface area contributed by atoms with Gasteiger partial charge in [-0.15, -0.1) is 0 Å². The third-order valence-electron chi connectivity index (χ3n) is 2.85. The summed E-state index contributed by atoms with van der Waals surface area (Å²) in [5, 5.41) is 18.6. The summed E-state index contributed by atoms with van der Waals surface area (Å²) in [5.41, 5.74) is -1.28.